The molecule has 2 aromatic rings. The molecule has 1 fully saturated rings. The van der Waals surface area contributed by atoms with Gasteiger partial charge in [0.05, 0.1) is 29.6 Å². The molecule has 1 aliphatic rings. The molecule has 0 saturated carbocycles. The maximum atomic E-state index is 13.3. The predicted octanol–water partition coefficient (Wildman–Crippen LogP) is 3.19. The Morgan fingerprint density at radius 2 is 2.41 bits per heavy atom. The summed E-state index contributed by atoms with van der Waals surface area (Å²) in [4.78, 5) is 19.1. The van der Waals surface area contributed by atoms with Gasteiger partial charge in [0.2, 0.25) is 5.91 Å². The maximum Gasteiger partial charge on any atom is 0.228 e. The second kappa shape index (κ2) is 6.85. The van der Waals surface area contributed by atoms with Gasteiger partial charge < -0.3 is 9.64 Å². The number of amides is 1. The lowest BCUT2D eigenvalue weighted by Crippen LogP contribution is -2.42. The van der Waals surface area contributed by atoms with E-state index >= 15 is 0 Å². The van der Waals surface area contributed by atoms with Gasteiger partial charge in [-0.3, -0.25) is 9.78 Å². The molecule has 1 saturated heterocycles. The molecule has 1 aromatic carbocycles. The number of halogens is 2. The molecule has 7 heteroatoms. The summed E-state index contributed by atoms with van der Waals surface area (Å²) < 4.78 is 19.5. The number of hydrogen-bond donors (Lipinski definition) is 0. The van der Waals surface area contributed by atoms with Crippen LogP contribution >= 0.6 is 27.3 Å². The Morgan fingerprint density at radius 3 is 3.14 bits per heavy atom. The molecular formula is C15H14BrFN2O2S. The SMILES string of the molecule is O=C(Cc1cncs1)N1CCOC(c2ccc(F)c(Br)c2)C1. The van der Waals surface area contributed by atoms with E-state index in [-0.39, 0.29) is 17.8 Å². The molecule has 0 spiro atoms. The molecule has 1 aliphatic heterocycles. The van der Waals surface area contributed by atoms with Gasteiger partial charge in [-0.2, -0.15) is 0 Å². The summed E-state index contributed by atoms with van der Waals surface area (Å²) in [6, 6.07) is 4.81. The minimum atomic E-state index is -0.308. The first-order valence-electron chi connectivity index (χ1n) is 6.85. The van der Waals surface area contributed by atoms with Crippen molar-refractivity contribution in [3.05, 3.63) is 50.6 Å². The molecular weight excluding hydrogens is 371 g/mol. The summed E-state index contributed by atoms with van der Waals surface area (Å²) in [5, 5.41) is 0. The number of thiazole rings is 1. The van der Waals surface area contributed by atoms with Gasteiger partial charge in [0.15, 0.2) is 0 Å². The predicted molar refractivity (Wildman–Crippen MR) is 85.2 cm³/mol. The van der Waals surface area contributed by atoms with Crippen molar-refractivity contribution >= 4 is 33.2 Å². The van der Waals surface area contributed by atoms with Crippen LogP contribution in [0.1, 0.15) is 16.5 Å². The van der Waals surface area contributed by atoms with Crippen LogP contribution in [0.25, 0.3) is 0 Å². The first-order valence-corrected chi connectivity index (χ1v) is 8.52. The van der Waals surface area contributed by atoms with Crippen LogP contribution in [0.4, 0.5) is 4.39 Å². The highest BCUT2D eigenvalue weighted by atomic mass is 79.9. The Kier molecular flexibility index (Phi) is 4.85. The number of nitrogens with zero attached hydrogens (tertiary/aromatic N) is 2. The van der Waals surface area contributed by atoms with Crippen LogP contribution in [0, 0.1) is 5.82 Å². The molecule has 2 heterocycles. The highest BCUT2D eigenvalue weighted by Gasteiger charge is 2.26. The standard InChI is InChI=1S/C15H14BrFN2O2S/c16-12-5-10(1-2-13(12)17)14-8-19(3-4-21-14)15(20)6-11-7-18-9-22-11/h1-2,5,7,9,14H,3-4,6,8H2. The quantitative estimate of drug-likeness (QED) is 0.815. The molecule has 22 heavy (non-hydrogen) atoms. The zero-order valence-corrected chi connectivity index (χ0v) is 14.1. The fourth-order valence-electron chi connectivity index (χ4n) is 2.38. The van der Waals surface area contributed by atoms with Crippen LogP contribution in [0.15, 0.2) is 34.4 Å². The summed E-state index contributed by atoms with van der Waals surface area (Å²) in [6.07, 6.45) is 1.86. The van der Waals surface area contributed by atoms with Gasteiger partial charge in [0.25, 0.3) is 0 Å². The van der Waals surface area contributed by atoms with E-state index in [0.717, 1.165) is 10.4 Å². The molecule has 0 radical (unpaired) electrons. The van der Waals surface area contributed by atoms with Gasteiger partial charge in [-0.05, 0) is 33.6 Å². The number of rotatable bonds is 3. The van der Waals surface area contributed by atoms with E-state index in [4.69, 9.17) is 4.74 Å². The molecule has 4 nitrogen and oxygen atoms in total. The second-order valence-electron chi connectivity index (χ2n) is 5.02. The molecule has 0 aliphatic carbocycles. The molecule has 0 bridgehead atoms. The third kappa shape index (κ3) is 3.53. The van der Waals surface area contributed by atoms with Gasteiger partial charge in [-0.15, -0.1) is 11.3 Å². The lowest BCUT2D eigenvalue weighted by molar-refractivity contribution is -0.138. The van der Waals surface area contributed by atoms with Crippen molar-refractivity contribution in [2.75, 3.05) is 19.7 Å². The molecule has 0 N–H and O–H groups in total. The van der Waals surface area contributed by atoms with Crippen molar-refractivity contribution in [3.63, 3.8) is 0 Å². The van der Waals surface area contributed by atoms with E-state index in [9.17, 15) is 9.18 Å². The third-order valence-corrected chi connectivity index (χ3v) is 4.93. The summed E-state index contributed by atoms with van der Waals surface area (Å²) in [7, 11) is 0. The Morgan fingerprint density at radius 1 is 1.55 bits per heavy atom. The smallest absolute Gasteiger partial charge is 0.228 e. The summed E-state index contributed by atoms with van der Waals surface area (Å²) in [5.41, 5.74) is 2.59. The Labute approximate surface area is 140 Å². The minimum Gasteiger partial charge on any atom is -0.370 e. The van der Waals surface area contributed by atoms with Crippen LogP contribution in [0.2, 0.25) is 0 Å². The zero-order chi connectivity index (χ0) is 15.5. The summed E-state index contributed by atoms with van der Waals surface area (Å²) in [5.74, 6) is -0.239. The second-order valence-corrected chi connectivity index (χ2v) is 6.84. The van der Waals surface area contributed by atoms with Crippen molar-refractivity contribution in [2.45, 2.75) is 12.5 Å². The number of carbonyl (C=O) groups is 1. The molecule has 116 valence electrons. The number of hydrogen-bond acceptors (Lipinski definition) is 4. The van der Waals surface area contributed by atoms with E-state index in [1.165, 1.54) is 17.4 Å². The number of ether oxygens (including phenoxy) is 1. The van der Waals surface area contributed by atoms with Crippen molar-refractivity contribution in [2.24, 2.45) is 0 Å². The molecule has 1 unspecified atom stereocenters. The van der Waals surface area contributed by atoms with Crippen molar-refractivity contribution < 1.29 is 13.9 Å². The monoisotopic (exact) mass is 384 g/mol. The van der Waals surface area contributed by atoms with Crippen LogP contribution < -0.4 is 0 Å². The molecule has 1 amide bonds. The highest BCUT2D eigenvalue weighted by Crippen LogP contribution is 2.26. The zero-order valence-electron chi connectivity index (χ0n) is 11.7. The topological polar surface area (TPSA) is 42.4 Å². The van der Waals surface area contributed by atoms with Gasteiger partial charge in [0, 0.05) is 17.6 Å². The highest BCUT2D eigenvalue weighted by molar-refractivity contribution is 9.10. The van der Waals surface area contributed by atoms with Crippen molar-refractivity contribution in [1.29, 1.82) is 0 Å². The maximum absolute atomic E-state index is 13.3. The van der Waals surface area contributed by atoms with E-state index in [1.807, 2.05) is 0 Å². The lowest BCUT2D eigenvalue weighted by Gasteiger charge is -2.33. The fourth-order valence-corrected chi connectivity index (χ4v) is 3.36. The first-order chi connectivity index (χ1) is 10.6. The van der Waals surface area contributed by atoms with Gasteiger partial charge in [0.1, 0.15) is 11.9 Å². The van der Waals surface area contributed by atoms with Crippen LogP contribution in [-0.2, 0) is 16.0 Å². The lowest BCUT2D eigenvalue weighted by atomic mass is 10.1. The van der Waals surface area contributed by atoms with Crippen molar-refractivity contribution in [1.82, 2.24) is 9.88 Å². The third-order valence-electron chi connectivity index (χ3n) is 3.54. The number of carbonyl (C=O) groups excluding carboxylic acids is 1. The normalized spacial score (nSPS) is 18.5. The van der Waals surface area contributed by atoms with E-state index < -0.39 is 0 Å². The summed E-state index contributed by atoms with van der Waals surface area (Å²) >= 11 is 4.66. The van der Waals surface area contributed by atoms with E-state index in [0.29, 0.717) is 30.6 Å². The largest absolute Gasteiger partial charge is 0.370 e. The molecule has 3 rings (SSSR count). The van der Waals surface area contributed by atoms with Crippen LogP contribution in [0.5, 0.6) is 0 Å². The van der Waals surface area contributed by atoms with Gasteiger partial charge in [-0.25, -0.2) is 4.39 Å². The average molecular weight is 385 g/mol. The Hall–Kier alpha value is -1.31. The number of aromatic nitrogens is 1. The van der Waals surface area contributed by atoms with E-state index in [1.54, 1.807) is 28.7 Å². The minimum absolute atomic E-state index is 0.0683. The summed E-state index contributed by atoms with van der Waals surface area (Å²) in [6.45, 7) is 1.54. The molecule has 1 atom stereocenters. The fraction of sp³-hybridized carbons (Fsp3) is 0.333. The average Bonchev–Trinajstić information content (AvgIpc) is 3.03. The number of morpholine rings is 1. The van der Waals surface area contributed by atoms with Crippen molar-refractivity contribution in [3.8, 4) is 0 Å². The van der Waals surface area contributed by atoms with Gasteiger partial charge in [-0.1, -0.05) is 6.07 Å². The Bertz CT molecular complexity index is 666. The number of benzene rings is 1. The van der Waals surface area contributed by atoms with Crippen LogP contribution in [-0.4, -0.2) is 35.5 Å². The van der Waals surface area contributed by atoms with Crippen LogP contribution in [0.3, 0.4) is 0 Å². The molecule has 1 aromatic heterocycles. The van der Waals surface area contributed by atoms with E-state index in [2.05, 4.69) is 20.9 Å². The van der Waals surface area contributed by atoms with Gasteiger partial charge >= 0.3 is 0 Å². The Balaban J connectivity index is 1.68. The first kappa shape index (κ1) is 15.6.